The van der Waals surface area contributed by atoms with Gasteiger partial charge >= 0.3 is 0 Å². The largest absolute Gasteiger partial charge is 0.473 e. The van der Waals surface area contributed by atoms with Crippen molar-refractivity contribution < 1.29 is 18.7 Å². The molecule has 0 saturated carbocycles. The van der Waals surface area contributed by atoms with E-state index in [2.05, 4.69) is 10.3 Å². The van der Waals surface area contributed by atoms with Gasteiger partial charge in [0.1, 0.15) is 40.6 Å². The fourth-order valence-corrected chi connectivity index (χ4v) is 4.82. The Balaban J connectivity index is 1.40. The number of H-pyrrole nitrogens is 1. The second-order valence-corrected chi connectivity index (χ2v) is 9.98. The molecule has 11 heteroatoms. The minimum atomic E-state index is -0.612. The first-order valence-electron chi connectivity index (χ1n) is 13.1. The number of rotatable bonds is 7. The Labute approximate surface area is 239 Å². The highest BCUT2D eigenvalue weighted by Crippen LogP contribution is 2.43. The van der Waals surface area contributed by atoms with Crippen molar-refractivity contribution in [2.45, 2.75) is 6.61 Å². The van der Waals surface area contributed by atoms with Gasteiger partial charge in [-0.1, -0.05) is 30.3 Å². The van der Waals surface area contributed by atoms with E-state index in [0.717, 1.165) is 0 Å². The third kappa shape index (κ3) is 4.97. The van der Waals surface area contributed by atoms with Gasteiger partial charge in [0, 0.05) is 18.2 Å². The summed E-state index contributed by atoms with van der Waals surface area (Å²) < 4.78 is 28.2. The van der Waals surface area contributed by atoms with Crippen LogP contribution in [0, 0.1) is 5.82 Å². The Morgan fingerprint density at radius 1 is 1.14 bits per heavy atom. The third-order valence-electron chi connectivity index (χ3n) is 6.78. The van der Waals surface area contributed by atoms with Crippen LogP contribution in [0.4, 0.5) is 15.9 Å². The van der Waals surface area contributed by atoms with Crippen LogP contribution in [0.25, 0.3) is 27.7 Å². The SMILES string of the molecule is CN(C)C/C=C/C(=O)Nc1c(F)ccc2c1COc1[nH]c(=O)c3c(N)n(-c4ccc(Oc5ccccc5)cc4)nc3c1-2. The van der Waals surface area contributed by atoms with Crippen LogP contribution in [0.5, 0.6) is 17.4 Å². The molecule has 6 rings (SSSR count). The number of hydrogen-bond donors (Lipinski definition) is 3. The maximum Gasteiger partial charge on any atom is 0.264 e. The topological polar surface area (TPSA) is 128 Å². The lowest BCUT2D eigenvalue weighted by molar-refractivity contribution is -0.112. The number of aromatic amines is 1. The smallest absolute Gasteiger partial charge is 0.264 e. The summed E-state index contributed by atoms with van der Waals surface area (Å²) in [4.78, 5) is 30.3. The van der Waals surface area contributed by atoms with Crippen LogP contribution < -0.4 is 26.1 Å². The quantitative estimate of drug-likeness (QED) is 0.241. The Morgan fingerprint density at radius 3 is 2.62 bits per heavy atom. The molecule has 1 aliphatic heterocycles. The molecule has 0 spiro atoms. The number of ether oxygens (including phenoxy) is 2. The molecule has 0 bridgehead atoms. The van der Waals surface area contributed by atoms with Crippen LogP contribution in [-0.4, -0.2) is 46.2 Å². The average Bonchev–Trinajstić information content (AvgIpc) is 3.32. The van der Waals surface area contributed by atoms with E-state index in [1.54, 1.807) is 36.4 Å². The summed E-state index contributed by atoms with van der Waals surface area (Å²) in [6.45, 7) is 0.481. The molecule has 1 aliphatic rings. The average molecular weight is 567 g/mol. The van der Waals surface area contributed by atoms with Crippen LogP contribution in [0.1, 0.15) is 5.56 Å². The van der Waals surface area contributed by atoms with Gasteiger partial charge in [0.25, 0.3) is 5.56 Å². The van der Waals surface area contributed by atoms with E-state index in [4.69, 9.17) is 20.3 Å². The lowest BCUT2D eigenvalue weighted by Crippen LogP contribution is -2.18. The number of nitrogens with two attached hydrogens (primary N) is 1. The number of benzene rings is 3. The van der Waals surface area contributed by atoms with Crippen molar-refractivity contribution in [3.8, 4) is 34.2 Å². The van der Waals surface area contributed by atoms with Gasteiger partial charge in [-0.2, -0.15) is 5.10 Å². The predicted octanol–water partition coefficient (Wildman–Crippen LogP) is 4.84. The number of hydrogen-bond acceptors (Lipinski definition) is 7. The lowest BCUT2D eigenvalue weighted by atomic mass is 9.95. The lowest BCUT2D eigenvalue weighted by Gasteiger charge is -2.23. The highest BCUT2D eigenvalue weighted by atomic mass is 19.1. The Morgan fingerprint density at radius 2 is 1.88 bits per heavy atom. The zero-order valence-electron chi connectivity index (χ0n) is 22.8. The van der Waals surface area contributed by atoms with Gasteiger partial charge in [0.15, 0.2) is 0 Å². The number of aromatic nitrogens is 3. The van der Waals surface area contributed by atoms with Crippen LogP contribution in [0.15, 0.2) is 83.7 Å². The van der Waals surface area contributed by atoms with E-state index >= 15 is 0 Å². The van der Waals surface area contributed by atoms with Crippen LogP contribution in [0.3, 0.4) is 0 Å². The minimum absolute atomic E-state index is 0.00147. The first-order valence-corrected chi connectivity index (χ1v) is 13.1. The van der Waals surface area contributed by atoms with E-state index < -0.39 is 17.3 Å². The molecule has 0 fully saturated rings. The second-order valence-electron chi connectivity index (χ2n) is 9.98. The Hall–Kier alpha value is -5.42. The molecule has 10 nitrogen and oxygen atoms in total. The fraction of sp³-hybridized carbons (Fsp3) is 0.129. The molecule has 0 unspecified atom stereocenters. The van der Waals surface area contributed by atoms with Crippen molar-refractivity contribution in [1.29, 1.82) is 0 Å². The standard InChI is InChI=1S/C31H27FN6O4/c1-37(2)16-6-9-24(39)34-27-22-17-41-31-25(21(22)14-15-23(27)32)28-26(30(40)35-31)29(33)38(36-28)18-10-12-20(13-11-18)42-19-7-4-3-5-8-19/h3-15H,16-17,33H2,1-2H3,(H,34,39)(H,35,40)/b9-6+. The molecule has 5 aromatic rings. The predicted molar refractivity (Wildman–Crippen MR) is 159 cm³/mol. The molecule has 0 radical (unpaired) electrons. The molecular formula is C31H27FN6O4. The zero-order valence-corrected chi connectivity index (χ0v) is 22.8. The Bertz CT molecular complexity index is 1900. The molecule has 0 atom stereocenters. The van der Waals surface area contributed by atoms with Gasteiger partial charge in [-0.3, -0.25) is 14.6 Å². The number of carbonyl (C=O) groups is 1. The number of fused-ring (bicyclic) bond motifs is 5. The number of halogens is 1. The van der Waals surface area contributed by atoms with Gasteiger partial charge in [-0.05, 0) is 62.1 Å². The molecule has 2 aromatic heterocycles. The van der Waals surface area contributed by atoms with E-state index in [0.29, 0.717) is 40.4 Å². The molecule has 0 saturated heterocycles. The van der Waals surface area contributed by atoms with Crippen molar-refractivity contribution in [1.82, 2.24) is 19.7 Å². The van der Waals surface area contributed by atoms with Crippen molar-refractivity contribution in [3.05, 3.63) is 101 Å². The van der Waals surface area contributed by atoms with Crippen molar-refractivity contribution >= 4 is 28.3 Å². The van der Waals surface area contributed by atoms with Gasteiger partial charge in [-0.25, -0.2) is 9.07 Å². The number of carbonyl (C=O) groups excluding carboxylic acids is 1. The maximum absolute atomic E-state index is 15.0. The fourth-order valence-electron chi connectivity index (χ4n) is 4.82. The Kier molecular flexibility index (Phi) is 6.93. The minimum Gasteiger partial charge on any atom is -0.473 e. The second kappa shape index (κ2) is 10.9. The van der Waals surface area contributed by atoms with Crippen LogP contribution in [0.2, 0.25) is 0 Å². The van der Waals surface area contributed by atoms with Gasteiger partial charge in [0.05, 0.1) is 16.9 Å². The summed E-state index contributed by atoms with van der Waals surface area (Å²) in [5, 5.41) is 7.49. The molecule has 3 heterocycles. The molecule has 1 amide bonds. The molecule has 0 aliphatic carbocycles. The normalized spacial score (nSPS) is 12.3. The molecular weight excluding hydrogens is 539 g/mol. The monoisotopic (exact) mass is 566 g/mol. The highest BCUT2D eigenvalue weighted by molar-refractivity contribution is 6.04. The van der Waals surface area contributed by atoms with Gasteiger partial charge in [0.2, 0.25) is 11.8 Å². The van der Waals surface area contributed by atoms with E-state index in [-0.39, 0.29) is 34.9 Å². The summed E-state index contributed by atoms with van der Waals surface area (Å²) in [6, 6.07) is 19.3. The summed E-state index contributed by atoms with van der Waals surface area (Å²) in [6.07, 6.45) is 3.03. The summed E-state index contributed by atoms with van der Waals surface area (Å²) in [5.41, 5.74) is 8.29. The number of nitrogen functional groups attached to an aromatic ring is 1. The summed E-state index contributed by atoms with van der Waals surface area (Å²) in [5.74, 6) is 0.535. The van der Waals surface area contributed by atoms with Gasteiger partial charge < -0.3 is 25.4 Å². The summed E-state index contributed by atoms with van der Waals surface area (Å²) in [7, 11) is 3.75. The van der Waals surface area contributed by atoms with Crippen molar-refractivity contribution in [2.24, 2.45) is 0 Å². The molecule has 4 N–H and O–H groups in total. The number of nitrogens with zero attached hydrogens (tertiary/aromatic N) is 3. The van der Waals surface area contributed by atoms with Gasteiger partial charge in [-0.15, -0.1) is 0 Å². The number of anilines is 2. The van der Waals surface area contributed by atoms with E-state index in [1.165, 1.54) is 16.8 Å². The molecule has 212 valence electrons. The number of nitrogens with one attached hydrogen (secondary N) is 2. The first kappa shape index (κ1) is 26.8. The highest BCUT2D eigenvalue weighted by Gasteiger charge is 2.29. The van der Waals surface area contributed by atoms with Crippen molar-refractivity contribution in [2.75, 3.05) is 31.7 Å². The number of likely N-dealkylation sites (N-methyl/N-ethyl adjacent to an activating group) is 1. The van der Waals surface area contributed by atoms with Crippen LogP contribution in [-0.2, 0) is 11.4 Å². The van der Waals surface area contributed by atoms with E-state index in [1.807, 2.05) is 49.3 Å². The molecule has 42 heavy (non-hydrogen) atoms. The summed E-state index contributed by atoms with van der Waals surface area (Å²) >= 11 is 0. The number of para-hydroxylation sites is 1. The number of amides is 1. The van der Waals surface area contributed by atoms with Crippen molar-refractivity contribution in [3.63, 3.8) is 0 Å². The van der Waals surface area contributed by atoms with Crippen LogP contribution >= 0.6 is 0 Å². The maximum atomic E-state index is 15.0. The third-order valence-corrected chi connectivity index (χ3v) is 6.78. The zero-order chi connectivity index (χ0) is 29.4. The first-order chi connectivity index (χ1) is 20.3. The van der Waals surface area contributed by atoms with E-state index in [9.17, 15) is 14.0 Å². The number of pyridine rings is 1. The molecule has 3 aromatic carbocycles.